The van der Waals surface area contributed by atoms with Gasteiger partial charge in [-0.3, -0.25) is 0 Å². The number of hydrogen-bond acceptors (Lipinski definition) is 3. The Morgan fingerprint density at radius 1 is 1.31 bits per heavy atom. The molecule has 1 rings (SSSR count). The van der Waals surface area contributed by atoms with Gasteiger partial charge in [-0.2, -0.15) is 0 Å². The molecule has 0 saturated carbocycles. The molecule has 0 aliphatic heterocycles. The summed E-state index contributed by atoms with van der Waals surface area (Å²) in [5.41, 5.74) is 0.588. The van der Waals surface area contributed by atoms with Crippen molar-refractivity contribution in [3.05, 3.63) is 29.3 Å². The van der Waals surface area contributed by atoms with Gasteiger partial charge in [0.2, 0.25) is 0 Å². The third kappa shape index (κ3) is 3.73. The molecular formula is C11H15F2NOS. The van der Waals surface area contributed by atoms with E-state index in [2.05, 4.69) is 5.32 Å². The van der Waals surface area contributed by atoms with Crippen LogP contribution in [0.15, 0.2) is 17.0 Å². The second-order valence-electron chi connectivity index (χ2n) is 3.24. The fourth-order valence-electron chi connectivity index (χ4n) is 1.27. The van der Waals surface area contributed by atoms with Crippen molar-refractivity contribution in [2.75, 3.05) is 18.9 Å². The third-order valence-corrected chi connectivity index (χ3v) is 3.04. The van der Waals surface area contributed by atoms with E-state index >= 15 is 0 Å². The quantitative estimate of drug-likeness (QED) is 0.756. The molecule has 0 aliphatic rings. The van der Waals surface area contributed by atoms with Crippen molar-refractivity contribution in [2.45, 2.75) is 18.4 Å². The van der Waals surface area contributed by atoms with Crippen molar-refractivity contribution in [1.29, 1.82) is 0 Å². The average Bonchev–Trinajstić information content (AvgIpc) is 2.25. The standard InChI is InChI=1S/C11H15F2NOS/c1-2-14-7-8-5-9(12)11(10(13)6-8)16-4-3-15/h5-6,14-15H,2-4,7H2,1H3. The summed E-state index contributed by atoms with van der Waals surface area (Å²) >= 11 is 0.986. The minimum Gasteiger partial charge on any atom is -0.396 e. The highest BCUT2D eigenvalue weighted by Gasteiger charge is 2.11. The van der Waals surface area contributed by atoms with E-state index in [1.54, 1.807) is 0 Å². The van der Waals surface area contributed by atoms with Gasteiger partial charge in [0, 0.05) is 12.3 Å². The Morgan fingerprint density at radius 3 is 2.44 bits per heavy atom. The lowest BCUT2D eigenvalue weighted by molar-refractivity contribution is 0.322. The molecule has 90 valence electrons. The molecule has 1 aromatic rings. The average molecular weight is 247 g/mol. The molecule has 0 radical (unpaired) electrons. The maximum atomic E-state index is 13.5. The van der Waals surface area contributed by atoms with Gasteiger partial charge in [0.1, 0.15) is 11.6 Å². The molecule has 5 heteroatoms. The van der Waals surface area contributed by atoms with Gasteiger partial charge in [0.25, 0.3) is 0 Å². The van der Waals surface area contributed by atoms with E-state index in [4.69, 9.17) is 5.11 Å². The summed E-state index contributed by atoms with van der Waals surface area (Å²) in [6, 6.07) is 2.65. The largest absolute Gasteiger partial charge is 0.396 e. The monoisotopic (exact) mass is 247 g/mol. The molecule has 0 atom stereocenters. The van der Waals surface area contributed by atoms with Crippen LogP contribution in [0.5, 0.6) is 0 Å². The lowest BCUT2D eigenvalue weighted by Gasteiger charge is -2.07. The third-order valence-electron chi connectivity index (χ3n) is 1.97. The van der Waals surface area contributed by atoms with Gasteiger partial charge in [-0.05, 0) is 24.2 Å². The van der Waals surface area contributed by atoms with Gasteiger partial charge in [-0.1, -0.05) is 6.92 Å². The Bertz CT molecular complexity index is 324. The number of thioether (sulfide) groups is 1. The van der Waals surface area contributed by atoms with Crippen LogP contribution >= 0.6 is 11.8 Å². The smallest absolute Gasteiger partial charge is 0.140 e. The molecule has 2 N–H and O–H groups in total. The van der Waals surface area contributed by atoms with Gasteiger partial charge in [-0.15, -0.1) is 11.8 Å². The zero-order valence-electron chi connectivity index (χ0n) is 9.09. The van der Waals surface area contributed by atoms with E-state index in [9.17, 15) is 8.78 Å². The first kappa shape index (κ1) is 13.4. The van der Waals surface area contributed by atoms with Crippen LogP contribution in [0.1, 0.15) is 12.5 Å². The molecule has 0 saturated heterocycles. The summed E-state index contributed by atoms with van der Waals surface area (Å²) in [4.78, 5) is -0.0192. The van der Waals surface area contributed by atoms with E-state index in [0.29, 0.717) is 17.9 Å². The van der Waals surface area contributed by atoms with Crippen LogP contribution < -0.4 is 5.32 Å². The number of halogens is 2. The van der Waals surface area contributed by atoms with Gasteiger partial charge in [-0.25, -0.2) is 8.78 Å². The first-order valence-electron chi connectivity index (χ1n) is 5.11. The van der Waals surface area contributed by atoms with E-state index in [-0.39, 0.29) is 11.5 Å². The van der Waals surface area contributed by atoms with Crippen molar-refractivity contribution >= 4 is 11.8 Å². The van der Waals surface area contributed by atoms with Gasteiger partial charge in [0.05, 0.1) is 11.5 Å². The van der Waals surface area contributed by atoms with E-state index in [0.717, 1.165) is 18.3 Å². The number of aliphatic hydroxyl groups excluding tert-OH is 1. The fraction of sp³-hybridized carbons (Fsp3) is 0.455. The molecule has 0 fully saturated rings. The molecule has 16 heavy (non-hydrogen) atoms. The van der Waals surface area contributed by atoms with Gasteiger partial charge < -0.3 is 10.4 Å². The Balaban J connectivity index is 2.80. The van der Waals surface area contributed by atoms with Crippen molar-refractivity contribution < 1.29 is 13.9 Å². The van der Waals surface area contributed by atoms with Crippen LogP contribution in [0.25, 0.3) is 0 Å². The molecule has 0 unspecified atom stereocenters. The lowest BCUT2D eigenvalue weighted by atomic mass is 10.2. The van der Waals surface area contributed by atoms with Crippen molar-refractivity contribution in [3.63, 3.8) is 0 Å². The van der Waals surface area contributed by atoms with Crippen LogP contribution in [0.3, 0.4) is 0 Å². The highest BCUT2D eigenvalue weighted by atomic mass is 32.2. The van der Waals surface area contributed by atoms with Crippen molar-refractivity contribution in [2.24, 2.45) is 0 Å². The van der Waals surface area contributed by atoms with Crippen LogP contribution in [0.4, 0.5) is 8.78 Å². The highest BCUT2D eigenvalue weighted by molar-refractivity contribution is 7.99. The lowest BCUT2D eigenvalue weighted by Crippen LogP contribution is -2.12. The number of rotatable bonds is 6. The molecule has 0 amide bonds. The Morgan fingerprint density at radius 2 is 1.94 bits per heavy atom. The first-order valence-corrected chi connectivity index (χ1v) is 6.10. The predicted molar refractivity (Wildman–Crippen MR) is 61.5 cm³/mol. The second-order valence-corrected chi connectivity index (χ2v) is 4.35. The maximum absolute atomic E-state index is 13.5. The SMILES string of the molecule is CCNCc1cc(F)c(SCCO)c(F)c1. The van der Waals surface area contributed by atoms with Crippen molar-refractivity contribution in [1.82, 2.24) is 5.32 Å². The molecule has 2 nitrogen and oxygen atoms in total. The van der Waals surface area contributed by atoms with Crippen LogP contribution in [0, 0.1) is 11.6 Å². The molecular weight excluding hydrogens is 232 g/mol. The van der Waals surface area contributed by atoms with Crippen molar-refractivity contribution in [3.8, 4) is 0 Å². The molecule has 0 bridgehead atoms. The Labute approximate surface area is 98.1 Å². The van der Waals surface area contributed by atoms with Crippen LogP contribution in [-0.4, -0.2) is 24.0 Å². The fourth-order valence-corrected chi connectivity index (χ4v) is 1.96. The van der Waals surface area contributed by atoms with Crippen LogP contribution in [-0.2, 0) is 6.54 Å². The molecule has 1 aromatic carbocycles. The van der Waals surface area contributed by atoms with E-state index < -0.39 is 11.6 Å². The zero-order chi connectivity index (χ0) is 12.0. The molecule has 0 spiro atoms. The Kier molecular flexibility index (Phi) is 5.73. The van der Waals surface area contributed by atoms with Gasteiger partial charge >= 0.3 is 0 Å². The number of hydrogen-bond donors (Lipinski definition) is 2. The summed E-state index contributed by atoms with van der Waals surface area (Å²) in [5.74, 6) is -0.835. The summed E-state index contributed by atoms with van der Waals surface area (Å²) < 4.78 is 27.0. The summed E-state index contributed by atoms with van der Waals surface area (Å²) in [5, 5.41) is 11.6. The number of nitrogens with one attached hydrogen (secondary N) is 1. The van der Waals surface area contributed by atoms with Crippen LogP contribution in [0.2, 0.25) is 0 Å². The number of aliphatic hydroxyl groups is 1. The summed E-state index contributed by atoms with van der Waals surface area (Å²) in [6.07, 6.45) is 0. The van der Waals surface area contributed by atoms with Gasteiger partial charge in [0.15, 0.2) is 0 Å². The minimum absolute atomic E-state index is 0.0192. The summed E-state index contributed by atoms with van der Waals surface area (Å²) in [7, 11) is 0. The molecule has 0 aliphatic carbocycles. The Hall–Kier alpha value is -0.650. The molecule has 0 heterocycles. The first-order chi connectivity index (χ1) is 7.69. The highest BCUT2D eigenvalue weighted by Crippen LogP contribution is 2.26. The zero-order valence-corrected chi connectivity index (χ0v) is 9.91. The van der Waals surface area contributed by atoms with E-state index in [1.165, 1.54) is 12.1 Å². The second kappa shape index (κ2) is 6.83. The minimum atomic E-state index is -0.564. The number of benzene rings is 1. The predicted octanol–water partition coefficient (Wildman–Crippen LogP) is 2.16. The molecule has 0 aromatic heterocycles. The maximum Gasteiger partial charge on any atom is 0.140 e. The van der Waals surface area contributed by atoms with E-state index in [1.807, 2.05) is 6.92 Å². The summed E-state index contributed by atoms with van der Waals surface area (Å²) in [6.45, 7) is 3.04. The normalized spacial score (nSPS) is 10.8. The topological polar surface area (TPSA) is 32.3 Å².